The fourth-order valence-electron chi connectivity index (χ4n) is 3.29. The second-order valence-corrected chi connectivity index (χ2v) is 6.30. The van der Waals surface area contributed by atoms with E-state index in [0.717, 1.165) is 50.7 Å². The lowest BCUT2D eigenvalue weighted by Gasteiger charge is -2.36. The summed E-state index contributed by atoms with van der Waals surface area (Å²) in [6.45, 7) is 2.92. The first-order chi connectivity index (χ1) is 11.8. The molecule has 140 valence electrons. The number of aliphatic imine (C=N–C) groups is 1. The highest BCUT2D eigenvalue weighted by Gasteiger charge is 2.33. The van der Waals surface area contributed by atoms with Crippen LogP contribution < -0.4 is 15.4 Å². The monoisotopic (exact) mass is 461 g/mol. The zero-order valence-electron chi connectivity index (χ0n) is 14.9. The highest BCUT2D eigenvalue weighted by atomic mass is 127. The Balaban J connectivity index is 0.00000225. The molecule has 2 aliphatic rings. The molecule has 6 nitrogen and oxygen atoms in total. The smallest absolute Gasteiger partial charge is 0.191 e. The van der Waals surface area contributed by atoms with Gasteiger partial charge in [-0.15, -0.1) is 24.0 Å². The maximum absolute atomic E-state index is 5.77. The predicted octanol–water partition coefficient (Wildman–Crippen LogP) is 2.49. The summed E-state index contributed by atoms with van der Waals surface area (Å²) in [5.41, 5.74) is 1.00. The Kier molecular flexibility index (Phi) is 7.77. The molecule has 0 spiro atoms. The molecule has 25 heavy (non-hydrogen) atoms. The lowest BCUT2D eigenvalue weighted by molar-refractivity contribution is -0.0855. The van der Waals surface area contributed by atoms with E-state index in [4.69, 9.17) is 14.2 Å². The molecule has 2 aliphatic heterocycles. The zero-order chi connectivity index (χ0) is 16.8. The molecule has 1 saturated heterocycles. The van der Waals surface area contributed by atoms with E-state index in [2.05, 4.69) is 21.7 Å². The van der Waals surface area contributed by atoms with Gasteiger partial charge in [-0.2, -0.15) is 0 Å². The van der Waals surface area contributed by atoms with Gasteiger partial charge in [0.25, 0.3) is 0 Å². The van der Waals surface area contributed by atoms with E-state index in [0.29, 0.717) is 6.61 Å². The van der Waals surface area contributed by atoms with Crippen LogP contribution in [0.25, 0.3) is 0 Å². The number of methoxy groups -OCH3 is 1. The van der Waals surface area contributed by atoms with Gasteiger partial charge in [-0.1, -0.05) is 18.2 Å². The van der Waals surface area contributed by atoms with Crippen LogP contribution in [-0.2, 0) is 9.47 Å². The van der Waals surface area contributed by atoms with Gasteiger partial charge < -0.3 is 24.8 Å². The Morgan fingerprint density at radius 1 is 1.28 bits per heavy atom. The van der Waals surface area contributed by atoms with Crippen LogP contribution in [0.1, 0.15) is 30.9 Å². The average Bonchev–Trinajstić information content (AvgIpc) is 2.66. The summed E-state index contributed by atoms with van der Waals surface area (Å²) in [7, 11) is 3.57. The van der Waals surface area contributed by atoms with Gasteiger partial charge in [0.2, 0.25) is 0 Å². The molecule has 2 heterocycles. The highest BCUT2D eigenvalue weighted by Crippen LogP contribution is 2.31. The maximum atomic E-state index is 5.77. The van der Waals surface area contributed by atoms with Crippen LogP contribution in [0, 0.1) is 0 Å². The number of fused-ring (bicyclic) bond motifs is 1. The number of ether oxygens (including phenoxy) is 3. The number of benzene rings is 1. The first-order valence-electron chi connectivity index (χ1n) is 8.58. The minimum absolute atomic E-state index is 0. The SMILES string of the molecule is CN=C(NCC1(OC)CCOCC1)NC1CCOc2ccccc21.I. The maximum Gasteiger partial charge on any atom is 0.191 e. The van der Waals surface area contributed by atoms with Crippen LogP contribution >= 0.6 is 24.0 Å². The van der Waals surface area contributed by atoms with Gasteiger partial charge in [-0.25, -0.2) is 0 Å². The van der Waals surface area contributed by atoms with Gasteiger partial charge in [-0.05, 0) is 6.07 Å². The molecule has 2 N–H and O–H groups in total. The molecular formula is C18H28IN3O3. The normalized spacial score (nSPS) is 22.2. The van der Waals surface area contributed by atoms with Crippen LogP contribution in [-0.4, -0.2) is 52.1 Å². The zero-order valence-corrected chi connectivity index (χ0v) is 17.2. The molecule has 0 saturated carbocycles. The van der Waals surface area contributed by atoms with Crippen LogP contribution in [0.2, 0.25) is 0 Å². The number of rotatable bonds is 4. The largest absolute Gasteiger partial charge is 0.493 e. The number of hydrogen-bond donors (Lipinski definition) is 2. The minimum Gasteiger partial charge on any atom is -0.493 e. The van der Waals surface area contributed by atoms with E-state index in [-0.39, 0.29) is 35.6 Å². The third-order valence-electron chi connectivity index (χ3n) is 4.91. The topological polar surface area (TPSA) is 64.1 Å². The summed E-state index contributed by atoms with van der Waals surface area (Å²) in [4.78, 5) is 4.37. The van der Waals surface area contributed by atoms with E-state index in [9.17, 15) is 0 Å². The quantitative estimate of drug-likeness (QED) is 0.410. The molecule has 1 unspecified atom stereocenters. The van der Waals surface area contributed by atoms with Crippen LogP contribution in [0.5, 0.6) is 5.75 Å². The molecule has 3 rings (SSSR count). The van der Waals surface area contributed by atoms with E-state index < -0.39 is 0 Å². The first-order valence-corrected chi connectivity index (χ1v) is 8.58. The lowest BCUT2D eigenvalue weighted by atomic mass is 9.94. The summed E-state index contributed by atoms with van der Waals surface area (Å²) >= 11 is 0. The molecule has 0 radical (unpaired) electrons. The van der Waals surface area contributed by atoms with Gasteiger partial charge in [0.15, 0.2) is 5.96 Å². The second-order valence-electron chi connectivity index (χ2n) is 6.30. The number of nitrogens with one attached hydrogen (secondary N) is 2. The van der Waals surface area contributed by atoms with Crippen LogP contribution in [0.15, 0.2) is 29.3 Å². The molecule has 1 fully saturated rings. The van der Waals surface area contributed by atoms with Gasteiger partial charge in [-0.3, -0.25) is 4.99 Å². The molecule has 1 aromatic carbocycles. The third kappa shape index (κ3) is 4.98. The molecule has 1 aromatic rings. The molecule has 1 atom stereocenters. The lowest BCUT2D eigenvalue weighted by Crippen LogP contribution is -2.51. The molecular weight excluding hydrogens is 433 g/mol. The summed E-state index contributed by atoms with van der Waals surface area (Å²) < 4.78 is 17.0. The van der Waals surface area contributed by atoms with Gasteiger partial charge in [0.05, 0.1) is 18.2 Å². The average molecular weight is 461 g/mol. The second kappa shape index (κ2) is 9.59. The first kappa shape index (κ1) is 20.3. The number of hydrogen-bond acceptors (Lipinski definition) is 4. The summed E-state index contributed by atoms with van der Waals surface area (Å²) in [5, 5.41) is 6.94. The van der Waals surface area contributed by atoms with Crippen LogP contribution in [0.4, 0.5) is 0 Å². The van der Waals surface area contributed by atoms with Crippen molar-refractivity contribution in [2.24, 2.45) is 4.99 Å². The van der Waals surface area contributed by atoms with Crippen molar-refractivity contribution in [3.63, 3.8) is 0 Å². The Morgan fingerprint density at radius 3 is 2.76 bits per heavy atom. The molecule has 0 aliphatic carbocycles. The number of halogens is 1. The number of nitrogens with zero attached hydrogens (tertiary/aromatic N) is 1. The molecule has 0 amide bonds. The number of para-hydroxylation sites is 1. The van der Waals surface area contributed by atoms with E-state index in [1.807, 2.05) is 18.2 Å². The fraction of sp³-hybridized carbons (Fsp3) is 0.611. The predicted molar refractivity (Wildman–Crippen MR) is 109 cm³/mol. The summed E-state index contributed by atoms with van der Waals surface area (Å²) in [5.74, 6) is 1.74. The van der Waals surface area contributed by atoms with E-state index >= 15 is 0 Å². The van der Waals surface area contributed by atoms with Gasteiger partial charge >= 0.3 is 0 Å². The Morgan fingerprint density at radius 2 is 2.04 bits per heavy atom. The minimum atomic E-state index is -0.177. The van der Waals surface area contributed by atoms with Crippen molar-refractivity contribution in [1.29, 1.82) is 0 Å². The molecule has 7 heteroatoms. The fourth-order valence-corrected chi connectivity index (χ4v) is 3.29. The van der Waals surface area contributed by atoms with Gasteiger partial charge in [0, 0.05) is 58.7 Å². The van der Waals surface area contributed by atoms with Crippen LogP contribution in [0.3, 0.4) is 0 Å². The van der Waals surface area contributed by atoms with E-state index in [1.165, 1.54) is 5.56 Å². The van der Waals surface area contributed by atoms with Crippen molar-refractivity contribution in [3.05, 3.63) is 29.8 Å². The van der Waals surface area contributed by atoms with Crippen molar-refractivity contribution < 1.29 is 14.2 Å². The Labute approximate surface area is 166 Å². The van der Waals surface area contributed by atoms with Crippen molar-refractivity contribution in [2.75, 3.05) is 40.5 Å². The van der Waals surface area contributed by atoms with Gasteiger partial charge in [0.1, 0.15) is 5.75 Å². The standard InChI is InChI=1S/C18H27N3O3.HI/c1-19-17(20-13-18(22-2)8-11-23-12-9-18)21-15-7-10-24-16-6-4-3-5-14(15)16;/h3-6,15H,7-13H2,1-2H3,(H2,19,20,21);1H. The van der Waals surface area contributed by atoms with E-state index in [1.54, 1.807) is 14.2 Å². The molecule has 0 aromatic heterocycles. The van der Waals surface area contributed by atoms with Crippen molar-refractivity contribution in [1.82, 2.24) is 10.6 Å². The Hall–Kier alpha value is -1.06. The summed E-state index contributed by atoms with van der Waals surface area (Å²) in [6, 6.07) is 8.37. The third-order valence-corrected chi connectivity index (χ3v) is 4.91. The van der Waals surface area contributed by atoms with Crippen molar-refractivity contribution in [3.8, 4) is 5.75 Å². The molecule has 0 bridgehead atoms. The number of guanidine groups is 1. The summed E-state index contributed by atoms with van der Waals surface area (Å²) in [6.07, 6.45) is 2.71. The van der Waals surface area contributed by atoms with Crippen molar-refractivity contribution in [2.45, 2.75) is 30.9 Å². The highest BCUT2D eigenvalue weighted by molar-refractivity contribution is 14.0. The van der Waals surface area contributed by atoms with Crippen molar-refractivity contribution >= 4 is 29.9 Å². The Bertz CT molecular complexity index is 576.